The number of carbonyl (C=O) groups is 3. The highest BCUT2D eigenvalue weighted by molar-refractivity contribution is 6.07. The predicted octanol–water partition coefficient (Wildman–Crippen LogP) is 3.35. The molecule has 0 spiro atoms. The molecule has 3 aromatic carbocycles. The van der Waals surface area contributed by atoms with Gasteiger partial charge in [0.15, 0.2) is 0 Å². The maximum Gasteiger partial charge on any atom is 0.254 e. The number of hydrogen-bond acceptors (Lipinski definition) is 3. The van der Waals surface area contributed by atoms with Crippen molar-refractivity contribution in [1.82, 2.24) is 20.1 Å². The van der Waals surface area contributed by atoms with Gasteiger partial charge < -0.3 is 20.1 Å². The zero-order chi connectivity index (χ0) is 24.4. The van der Waals surface area contributed by atoms with Crippen molar-refractivity contribution in [1.29, 1.82) is 0 Å². The van der Waals surface area contributed by atoms with Crippen molar-refractivity contribution < 1.29 is 14.4 Å². The Kier molecular flexibility index (Phi) is 6.23. The molecule has 1 aliphatic rings. The molecule has 0 bridgehead atoms. The molecular formula is C28H28N4O3. The van der Waals surface area contributed by atoms with E-state index in [4.69, 9.17) is 0 Å². The molecule has 3 amide bonds. The van der Waals surface area contributed by atoms with Gasteiger partial charge in [-0.05, 0) is 28.5 Å². The van der Waals surface area contributed by atoms with Crippen LogP contribution >= 0.6 is 0 Å². The number of carbonyl (C=O) groups excluding carboxylic acids is 3. The molecule has 0 aliphatic carbocycles. The third-order valence-corrected chi connectivity index (χ3v) is 6.67. The second-order valence-corrected chi connectivity index (χ2v) is 8.96. The van der Waals surface area contributed by atoms with Crippen LogP contribution < -0.4 is 5.32 Å². The molecule has 7 heteroatoms. The van der Waals surface area contributed by atoms with Gasteiger partial charge in [-0.3, -0.25) is 14.4 Å². The smallest absolute Gasteiger partial charge is 0.254 e. The summed E-state index contributed by atoms with van der Waals surface area (Å²) in [4.78, 5) is 45.4. The number of para-hydroxylation sites is 1. The summed E-state index contributed by atoms with van der Waals surface area (Å²) in [7, 11) is 0. The molecule has 1 saturated heterocycles. The Labute approximate surface area is 203 Å². The zero-order valence-corrected chi connectivity index (χ0v) is 19.7. The molecule has 0 radical (unpaired) electrons. The third-order valence-electron chi connectivity index (χ3n) is 6.67. The van der Waals surface area contributed by atoms with E-state index in [9.17, 15) is 14.4 Å². The summed E-state index contributed by atoms with van der Waals surface area (Å²) in [5.41, 5.74) is 2.66. The van der Waals surface area contributed by atoms with Crippen molar-refractivity contribution in [2.24, 2.45) is 0 Å². The van der Waals surface area contributed by atoms with E-state index in [1.54, 1.807) is 9.80 Å². The summed E-state index contributed by atoms with van der Waals surface area (Å²) in [6.45, 7) is 3.19. The number of hydrogen-bond donors (Lipinski definition) is 2. The molecule has 1 aliphatic heterocycles. The molecule has 5 rings (SSSR count). The lowest BCUT2D eigenvalue weighted by molar-refractivity contribution is -0.137. The summed E-state index contributed by atoms with van der Waals surface area (Å²) in [6.07, 6.45) is 2.30. The molecule has 1 atom stereocenters. The Morgan fingerprint density at radius 3 is 2.29 bits per heavy atom. The minimum atomic E-state index is -0.660. The number of amides is 3. The number of H-pyrrole nitrogens is 1. The lowest BCUT2D eigenvalue weighted by atomic mass is 10.0. The minimum Gasteiger partial charge on any atom is -0.361 e. The van der Waals surface area contributed by atoms with E-state index in [1.165, 1.54) is 6.92 Å². The van der Waals surface area contributed by atoms with Crippen LogP contribution in [0.15, 0.2) is 72.9 Å². The van der Waals surface area contributed by atoms with Crippen LogP contribution in [0, 0.1) is 0 Å². The van der Waals surface area contributed by atoms with Gasteiger partial charge in [-0.25, -0.2) is 0 Å². The van der Waals surface area contributed by atoms with E-state index in [0.717, 1.165) is 27.2 Å². The Morgan fingerprint density at radius 2 is 1.51 bits per heavy atom. The number of piperazine rings is 1. The summed E-state index contributed by atoms with van der Waals surface area (Å²) in [5, 5.41) is 5.84. The Bertz CT molecular complexity index is 1400. The summed E-state index contributed by atoms with van der Waals surface area (Å²) < 4.78 is 0. The summed E-state index contributed by atoms with van der Waals surface area (Å²) in [6, 6.07) is 20.9. The van der Waals surface area contributed by atoms with Gasteiger partial charge in [0.2, 0.25) is 11.8 Å². The lowest BCUT2D eigenvalue weighted by Crippen LogP contribution is -2.56. The van der Waals surface area contributed by atoms with Gasteiger partial charge in [0.05, 0.1) is 0 Å². The fourth-order valence-electron chi connectivity index (χ4n) is 4.90. The summed E-state index contributed by atoms with van der Waals surface area (Å²) >= 11 is 0. The van der Waals surface area contributed by atoms with Gasteiger partial charge in [0.25, 0.3) is 5.91 Å². The minimum absolute atomic E-state index is 0.0221. The molecule has 4 aromatic rings. The van der Waals surface area contributed by atoms with Crippen molar-refractivity contribution in [3.8, 4) is 0 Å². The second-order valence-electron chi connectivity index (χ2n) is 8.96. The predicted molar refractivity (Wildman–Crippen MR) is 136 cm³/mol. The molecule has 7 nitrogen and oxygen atoms in total. The van der Waals surface area contributed by atoms with Crippen molar-refractivity contribution >= 4 is 39.4 Å². The first-order chi connectivity index (χ1) is 17.0. The number of aromatic amines is 1. The maximum atomic E-state index is 13.4. The van der Waals surface area contributed by atoms with E-state index in [1.807, 2.05) is 72.9 Å². The van der Waals surface area contributed by atoms with Crippen LogP contribution in [-0.4, -0.2) is 64.7 Å². The second kappa shape index (κ2) is 9.62. The Morgan fingerprint density at radius 1 is 0.857 bits per heavy atom. The third kappa shape index (κ3) is 4.62. The van der Waals surface area contributed by atoms with Crippen LogP contribution in [-0.2, 0) is 16.0 Å². The first kappa shape index (κ1) is 22.7. The fourth-order valence-corrected chi connectivity index (χ4v) is 4.90. The molecular weight excluding hydrogens is 440 g/mol. The molecule has 2 heterocycles. The largest absolute Gasteiger partial charge is 0.361 e. The quantitative estimate of drug-likeness (QED) is 0.471. The highest BCUT2D eigenvalue weighted by Crippen LogP contribution is 2.22. The number of nitrogens with zero attached hydrogens (tertiary/aromatic N) is 2. The number of benzene rings is 3. The van der Waals surface area contributed by atoms with Crippen LogP contribution in [0.2, 0.25) is 0 Å². The first-order valence-corrected chi connectivity index (χ1v) is 11.9. The first-order valence-electron chi connectivity index (χ1n) is 11.9. The van der Waals surface area contributed by atoms with Crippen LogP contribution in [0.25, 0.3) is 21.7 Å². The summed E-state index contributed by atoms with van der Waals surface area (Å²) in [5.74, 6) is -0.387. The SMILES string of the molecule is CC(=O)NC(Cc1c[nH]c2ccccc12)C(=O)N1CCN(C(=O)c2cccc3ccccc23)CC1. The van der Waals surface area contributed by atoms with Gasteiger partial charge in [-0.15, -0.1) is 0 Å². The molecule has 35 heavy (non-hydrogen) atoms. The Hall–Kier alpha value is -4.13. The van der Waals surface area contributed by atoms with Gasteiger partial charge in [0, 0.05) is 62.2 Å². The van der Waals surface area contributed by atoms with Gasteiger partial charge >= 0.3 is 0 Å². The van der Waals surface area contributed by atoms with E-state index >= 15 is 0 Å². The van der Waals surface area contributed by atoms with Gasteiger partial charge in [-0.1, -0.05) is 54.6 Å². The molecule has 2 N–H and O–H groups in total. The maximum absolute atomic E-state index is 13.4. The number of aromatic nitrogens is 1. The van der Waals surface area contributed by atoms with Crippen LogP contribution in [0.3, 0.4) is 0 Å². The van der Waals surface area contributed by atoms with Crippen molar-refractivity contribution in [2.75, 3.05) is 26.2 Å². The molecule has 178 valence electrons. The molecule has 1 unspecified atom stereocenters. The average Bonchev–Trinajstić information content (AvgIpc) is 3.30. The number of nitrogens with one attached hydrogen (secondary N) is 2. The normalized spacial score (nSPS) is 14.8. The van der Waals surface area contributed by atoms with Crippen LogP contribution in [0.1, 0.15) is 22.8 Å². The standard InChI is InChI=1S/C28H28N4O3/c1-19(33)30-26(17-21-18-29-25-12-5-4-10-23(21)25)28(35)32-15-13-31(14-16-32)27(34)24-11-6-8-20-7-2-3-9-22(20)24/h2-12,18,26,29H,13-17H2,1H3,(H,30,33). The molecule has 0 saturated carbocycles. The highest BCUT2D eigenvalue weighted by atomic mass is 16.2. The van der Waals surface area contributed by atoms with Crippen molar-refractivity contribution in [2.45, 2.75) is 19.4 Å². The fraction of sp³-hybridized carbons (Fsp3) is 0.250. The molecule has 1 aromatic heterocycles. The van der Waals surface area contributed by atoms with Crippen molar-refractivity contribution in [3.63, 3.8) is 0 Å². The van der Waals surface area contributed by atoms with E-state index in [2.05, 4.69) is 10.3 Å². The Balaban J connectivity index is 1.28. The van der Waals surface area contributed by atoms with E-state index < -0.39 is 6.04 Å². The van der Waals surface area contributed by atoms with E-state index in [-0.39, 0.29) is 17.7 Å². The lowest BCUT2D eigenvalue weighted by Gasteiger charge is -2.36. The monoisotopic (exact) mass is 468 g/mol. The van der Waals surface area contributed by atoms with Crippen LogP contribution in [0.5, 0.6) is 0 Å². The van der Waals surface area contributed by atoms with Gasteiger partial charge in [-0.2, -0.15) is 0 Å². The average molecular weight is 469 g/mol. The van der Waals surface area contributed by atoms with Crippen molar-refractivity contribution in [3.05, 3.63) is 84.1 Å². The van der Waals surface area contributed by atoms with Gasteiger partial charge in [0.1, 0.15) is 6.04 Å². The number of rotatable bonds is 5. The zero-order valence-electron chi connectivity index (χ0n) is 19.7. The van der Waals surface area contributed by atoms with Crippen LogP contribution in [0.4, 0.5) is 0 Å². The van der Waals surface area contributed by atoms with E-state index in [0.29, 0.717) is 38.2 Å². The number of fused-ring (bicyclic) bond motifs is 2. The topological polar surface area (TPSA) is 85.5 Å². The molecule has 1 fully saturated rings. The highest BCUT2D eigenvalue weighted by Gasteiger charge is 2.30.